The van der Waals surface area contributed by atoms with Gasteiger partial charge in [-0.3, -0.25) is 0 Å². The molecule has 0 bridgehead atoms. The molecule has 0 aliphatic carbocycles. The lowest BCUT2D eigenvalue weighted by molar-refractivity contribution is 0.530. The fraction of sp³-hybridized carbons (Fsp3) is 0.556. The first-order chi connectivity index (χ1) is 5.33. The fourth-order valence-electron chi connectivity index (χ4n) is 0.906. The second-order valence-corrected chi connectivity index (χ2v) is 2.89. The van der Waals surface area contributed by atoms with E-state index >= 15 is 0 Å². The molecule has 1 aromatic heterocycles. The summed E-state index contributed by atoms with van der Waals surface area (Å²) in [5.74, 6) is 0. The highest BCUT2D eigenvalue weighted by atomic mass is 14.9. The van der Waals surface area contributed by atoms with Gasteiger partial charge >= 0.3 is 0 Å². The molecule has 1 unspecified atom stereocenters. The SMILES string of the molecule is CCC(C)NCc1ccc[nH]1. The molecule has 0 aliphatic rings. The minimum absolute atomic E-state index is 0.610. The third-order valence-corrected chi connectivity index (χ3v) is 1.92. The summed E-state index contributed by atoms with van der Waals surface area (Å²) in [7, 11) is 0. The molecule has 2 nitrogen and oxygen atoms in total. The Morgan fingerprint density at radius 3 is 3.00 bits per heavy atom. The maximum absolute atomic E-state index is 3.40. The van der Waals surface area contributed by atoms with Gasteiger partial charge in [-0.1, -0.05) is 6.92 Å². The number of aromatic nitrogens is 1. The molecule has 1 heterocycles. The van der Waals surface area contributed by atoms with Crippen LogP contribution in [0.2, 0.25) is 0 Å². The van der Waals surface area contributed by atoms with Crippen molar-refractivity contribution in [2.45, 2.75) is 32.9 Å². The summed E-state index contributed by atoms with van der Waals surface area (Å²) < 4.78 is 0. The summed E-state index contributed by atoms with van der Waals surface area (Å²) in [4.78, 5) is 3.15. The van der Waals surface area contributed by atoms with Crippen molar-refractivity contribution in [3.8, 4) is 0 Å². The maximum atomic E-state index is 3.40. The zero-order valence-electron chi connectivity index (χ0n) is 7.22. The fourth-order valence-corrected chi connectivity index (χ4v) is 0.906. The van der Waals surface area contributed by atoms with Gasteiger partial charge in [-0.15, -0.1) is 0 Å². The molecular formula is C9H16N2. The van der Waals surface area contributed by atoms with Crippen molar-refractivity contribution in [2.75, 3.05) is 0 Å². The van der Waals surface area contributed by atoms with Crippen LogP contribution in [-0.4, -0.2) is 11.0 Å². The van der Waals surface area contributed by atoms with Gasteiger partial charge in [0.2, 0.25) is 0 Å². The van der Waals surface area contributed by atoms with Gasteiger partial charge in [0.25, 0.3) is 0 Å². The van der Waals surface area contributed by atoms with Crippen LogP contribution in [0.25, 0.3) is 0 Å². The van der Waals surface area contributed by atoms with E-state index in [0.717, 1.165) is 6.54 Å². The Morgan fingerprint density at radius 2 is 2.45 bits per heavy atom. The predicted octanol–water partition coefficient (Wildman–Crippen LogP) is 1.90. The molecule has 0 amide bonds. The van der Waals surface area contributed by atoms with Crippen LogP contribution in [0.3, 0.4) is 0 Å². The van der Waals surface area contributed by atoms with Crippen LogP contribution in [0.1, 0.15) is 26.0 Å². The number of hydrogen-bond acceptors (Lipinski definition) is 1. The molecule has 0 saturated carbocycles. The molecule has 0 fully saturated rings. The quantitative estimate of drug-likeness (QED) is 0.677. The highest BCUT2D eigenvalue weighted by molar-refractivity contribution is 5.02. The van der Waals surface area contributed by atoms with Crippen molar-refractivity contribution < 1.29 is 0 Å². The van der Waals surface area contributed by atoms with Crippen LogP contribution in [0.4, 0.5) is 0 Å². The average Bonchev–Trinajstić information content (AvgIpc) is 2.52. The minimum Gasteiger partial charge on any atom is -0.364 e. The van der Waals surface area contributed by atoms with E-state index in [9.17, 15) is 0 Å². The van der Waals surface area contributed by atoms with E-state index in [4.69, 9.17) is 0 Å². The highest BCUT2D eigenvalue weighted by Crippen LogP contribution is 1.95. The second kappa shape index (κ2) is 4.19. The normalized spacial score (nSPS) is 13.3. The molecule has 62 valence electrons. The minimum atomic E-state index is 0.610. The molecule has 2 heteroatoms. The van der Waals surface area contributed by atoms with Crippen molar-refractivity contribution in [2.24, 2.45) is 0 Å². The molecule has 11 heavy (non-hydrogen) atoms. The standard InChI is InChI=1S/C9H16N2/c1-3-8(2)11-7-9-5-4-6-10-9/h4-6,8,10-11H,3,7H2,1-2H3. The van der Waals surface area contributed by atoms with Gasteiger partial charge < -0.3 is 10.3 Å². The zero-order valence-corrected chi connectivity index (χ0v) is 7.22. The summed E-state index contributed by atoms with van der Waals surface area (Å²) in [6.45, 7) is 5.33. The molecule has 2 N–H and O–H groups in total. The van der Waals surface area contributed by atoms with Crippen LogP contribution >= 0.6 is 0 Å². The van der Waals surface area contributed by atoms with E-state index in [0.29, 0.717) is 6.04 Å². The van der Waals surface area contributed by atoms with Crippen molar-refractivity contribution in [1.82, 2.24) is 10.3 Å². The van der Waals surface area contributed by atoms with Crippen LogP contribution in [-0.2, 0) is 6.54 Å². The second-order valence-electron chi connectivity index (χ2n) is 2.89. The van der Waals surface area contributed by atoms with Crippen LogP contribution in [0.15, 0.2) is 18.3 Å². The Morgan fingerprint density at radius 1 is 1.64 bits per heavy atom. The first-order valence-corrected chi connectivity index (χ1v) is 4.18. The van der Waals surface area contributed by atoms with E-state index in [1.54, 1.807) is 0 Å². The lowest BCUT2D eigenvalue weighted by Crippen LogP contribution is -2.24. The molecule has 0 aliphatic heterocycles. The summed E-state index contributed by atoms with van der Waals surface area (Å²) in [6, 6.07) is 4.72. The molecule has 1 rings (SSSR count). The predicted molar refractivity (Wildman–Crippen MR) is 47.4 cm³/mol. The smallest absolute Gasteiger partial charge is 0.0359 e. The van der Waals surface area contributed by atoms with Crippen LogP contribution in [0, 0.1) is 0 Å². The maximum Gasteiger partial charge on any atom is 0.0359 e. The third kappa shape index (κ3) is 2.76. The summed E-state index contributed by atoms with van der Waals surface area (Å²) >= 11 is 0. The Kier molecular flexibility index (Phi) is 3.17. The number of H-pyrrole nitrogens is 1. The van der Waals surface area contributed by atoms with Gasteiger partial charge in [0, 0.05) is 24.5 Å². The van der Waals surface area contributed by atoms with Gasteiger partial charge in [0.15, 0.2) is 0 Å². The van der Waals surface area contributed by atoms with Crippen molar-refractivity contribution in [3.63, 3.8) is 0 Å². The first kappa shape index (κ1) is 8.34. The number of nitrogens with one attached hydrogen (secondary N) is 2. The molecule has 0 radical (unpaired) electrons. The van der Waals surface area contributed by atoms with E-state index in [1.807, 2.05) is 12.3 Å². The zero-order chi connectivity index (χ0) is 8.10. The molecule has 0 aromatic carbocycles. The molecule has 1 aromatic rings. The number of hydrogen-bond donors (Lipinski definition) is 2. The molecule has 0 saturated heterocycles. The lowest BCUT2D eigenvalue weighted by atomic mass is 10.2. The Labute approximate surface area is 68.0 Å². The Balaban J connectivity index is 2.23. The van der Waals surface area contributed by atoms with E-state index in [-0.39, 0.29) is 0 Å². The van der Waals surface area contributed by atoms with Gasteiger partial charge in [-0.05, 0) is 25.5 Å². The highest BCUT2D eigenvalue weighted by Gasteiger charge is 1.96. The Hall–Kier alpha value is -0.760. The lowest BCUT2D eigenvalue weighted by Gasteiger charge is -2.09. The van der Waals surface area contributed by atoms with Gasteiger partial charge in [0.05, 0.1) is 0 Å². The third-order valence-electron chi connectivity index (χ3n) is 1.92. The van der Waals surface area contributed by atoms with Crippen molar-refractivity contribution in [3.05, 3.63) is 24.0 Å². The van der Waals surface area contributed by atoms with Gasteiger partial charge in [-0.25, -0.2) is 0 Å². The molecule has 0 spiro atoms. The Bertz CT molecular complexity index is 179. The number of aromatic amines is 1. The van der Waals surface area contributed by atoms with E-state index < -0.39 is 0 Å². The van der Waals surface area contributed by atoms with Gasteiger partial charge in [-0.2, -0.15) is 0 Å². The summed E-state index contributed by atoms with van der Waals surface area (Å²) in [5, 5.41) is 3.40. The van der Waals surface area contributed by atoms with Crippen molar-refractivity contribution >= 4 is 0 Å². The van der Waals surface area contributed by atoms with Crippen molar-refractivity contribution in [1.29, 1.82) is 0 Å². The van der Waals surface area contributed by atoms with Gasteiger partial charge in [0.1, 0.15) is 0 Å². The summed E-state index contributed by atoms with van der Waals surface area (Å²) in [5.41, 5.74) is 1.25. The first-order valence-electron chi connectivity index (χ1n) is 4.18. The van der Waals surface area contributed by atoms with E-state index in [2.05, 4.69) is 30.2 Å². The number of rotatable bonds is 4. The van der Waals surface area contributed by atoms with Crippen LogP contribution in [0.5, 0.6) is 0 Å². The monoisotopic (exact) mass is 152 g/mol. The van der Waals surface area contributed by atoms with E-state index in [1.165, 1.54) is 12.1 Å². The molecular weight excluding hydrogens is 136 g/mol. The average molecular weight is 152 g/mol. The van der Waals surface area contributed by atoms with Crippen LogP contribution < -0.4 is 5.32 Å². The molecule has 1 atom stereocenters. The topological polar surface area (TPSA) is 27.8 Å². The largest absolute Gasteiger partial charge is 0.364 e. The summed E-state index contributed by atoms with van der Waals surface area (Å²) in [6.07, 6.45) is 3.13.